The Hall–Kier alpha value is -1.76. The second kappa shape index (κ2) is 7.63. The molecule has 0 unspecified atom stereocenters. The fraction of sp³-hybridized carbons (Fsp3) is 0.600. The average Bonchev–Trinajstić information content (AvgIpc) is 2.68. The van der Waals surface area contributed by atoms with E-state index in [0.717, 1.165) is 12.8 Å². The third kappa shape index (κ3) is 4.78. The Morgan fingerprint density at radius 1 is 1.16 bits per heavy atom. The number of nitrogens with zero attached hydrogens (tertiary/aromatic N) is 2. The van der Waals surface area contributed by atoms with E-state index in [9.17, 15) is 0 Å². The van der Waals surface area contributed by atoms with Crippen molar-refractivity contribution in [2.45, 2.75) is 51.6 Å². The van der Waals surface area contributed by atoms with Gasteiger partial charge in [0.1, 0.15) is 12.4 Å². The molecule has 1 aromatic heterocycles. The molecule has 0 aliphatic heterocycles. The van der Waals surface area contributed by atoms with E-state index in [2.05, 4.69) is 21.8 Å². The summed E-state index contributed by atoms with van der Waals surface area (Å²) in [4.78, 5) is 8.18. The van der Waals surface area contributed by atoms with E-state index in [1.807, 2.05) is 0 Å². The Bertz CT molecular complexity index is 443. The molecule has 0 radical (unpaired) electrons. The zero-order valence-electron chi connectivity index (χ0n) is 11.4. The molecule has 0 N–H and O–H groups in total. The lowest BCUT2D eigenvalue weighted by Gasteiger charge is -2.16. The highest BCUT2D eigenvalue weighted by Gasteiger charge is 2.14. The number of rotatable bonds is 4. The first kappa shape index (κ1) is 13.7. The van der Waals surface area contributed by atoms with Gasteiger partial charge in [-0.05, 0) is 32.6 Å². The predicted octanol–water partition coefficient (Wildman–Crippen LogP) is 2.98. The first-order valence-electron chi connectivity index (χ1n) is 6.89. The van der Waals surface area contributed by atoms with Gasteiger partial charge in [0.05, 0.1) is 6.07 Å². The van der Waals surface area contributed by atoms with Gasteiger partial charge in [0.25, 0.3) is 0 Å². The SMILES string of the molecule is CC#CCOc1cc(OC2CCCCCC2)ncn1. The van der Waals surface area contributed by atoms with Gasteiger partial charge >= 0.3 is 0 Å². The molecule has 0 aromatic carbocycles. The summed E-state index contributed by atoms with van der Waals surface area (Å²) >= 11 is 0. The van der Waals surface area contributed by atoms with E-state index in [4.69, 9.17) is 9.47 Å². The second-order valence-electron chi connectivity index (χ2n) is 4.64. The monoisotopic (exact) mass is 260 g/mol. The van der Waals surface area contributed by atoms with Crippen LogP contribution in [0, 0.1) is 11.8 Å². The van der Waals surface area contributed by atoms with Gasteiger partial charge in [-0.2, -0.15) is 0 Å². The van der Waals surface area contributed by atoms with Gasteiger partial charge in [0.15, 0.2) is 6.61 Å². The molecular formula is C15H20N2O2. The van der Waals surface area contributed by atoms with Crippen LogP contribution < -0.4 is 9.47 Å². The summed E-state index contributed by atoms with van der Waals surface area (Å²) in [6.07, 6.45) is 9.09. The minimum atomic E-state index is 0.278. The van der Waals surface area contributed by atoms with Crippen molar-refractivity contribution in [3.63, 3.8) is 0 Å². The normalized spacial score (nSPS) is 16.1. The van der Waals surface area contributed by atoms with Crippen molar-refractivity contribution in [3.8, 4) is 23.6 Å². The van der Waals surface area contributed by atoms with E-state index >= 15 is 0 Å². The van der Waals surface area contributed by atoms with Crippen LogP contribution in [0.15, 0.2) is 12.4 Å². The molecule has 1 aliphatic rings. The third-order valence-electron chi connectivity index (χ3n) is 3.18. The lowest BCUT2D eigenvalue weighted by atomic mass is 10.1. The molecule has 1 aliphatic carbocycles. The van der Waals surface area contributed by atoms with Crippen LogP contribution in [0.3, 0.4) is 0 Å². The number of aromatic nitrogens is 2. The summed E-state index contributed by atoms with van der Waals surface area (Å²) in [6, 6.07) is 1.74. The third-order valence-corrected chi connectivity index (χ3v) is 3.18. The summed E-state index contributed by atoms with van der Waals surface area (Å²) in [6.45, 7) is 2.13. The molecule has 1 saturated carbocycles. The van der Waals surface area contributed by atoms with Crippen LogP contribution in [0.4, 0.5) is 0 Å². The van der Waals surface area contributed by atoms with Crippen LogP contribution >= 0.6 is 0 Å². The number of hydrogen-bond donors (Lipinski definition) is 0. The first-order chi connectivity index (χ1) is 9.38. The number of hydrogen-bond acceptors (Lipinski definition) is 4. The van der Waals surface area contributed by atoms with Crippen molar-refractivity contribution in [2.24, 2.45) is 0 Å². The van der Waals surface area contributed by atoms with Crippen molar-refractivity contribution < 1.29 is 9.47 Å². The highest BCUT2D eigenvalue weighted by molar-refractivity contribution is 5.19. The lowest BCUT2D eigenvalue weighted by Crippen LogP contribution is -2.16. The number of ether oxygens (including phenoxy) is 2. The second-order valence-corrected chi connectivity index (χ2v) is 4.64. The van der Waals surface area contributed by atoms with Crippen molar-refractivity contribution in [2.75, 3.05) is 6.61 Å². The zero-order chi connectivity index (χ0) is 13.3. The predicted molar refractivity (Wildman–Crippen MR) is 73.1 cm³/mol. The zero-order valence-corrected chi connectivity index (χ0v) is 11.4. The van der Waals surface area contributed by atoms with Crippen molar-refractivity contribution >= 4 is 0 Å². The first-order valence-corrected chi connectivity index (χ1v) is 6.89. The molecule has 1 aromatic rings. The summed E-state index contributed by atoms with van der Waals surface area (Å²) < 4.78 is 11.3. The van der Waals surface area contributed by atoms with Gasteiger partial charge in [-0.15, -0.1) is 5.92 Å². The molecule has 1 heterocycles. The van der Waals surface area contributed by atoms with Crippen molar-refractivity contribution in [3.05, 3.63) is 12.4 Å². The Morgan fingerprint density at radius 3 is 2.63 bits per heavy atom. The van der Waals surface area contributed by atoms with E-state index in [1.54, 1.807) is 13.0 Å². The smallest absolute Gasteiger partial charge is 0.221 e. The maximum atomic E-state index is 5.92. The fourth-order valence-corrected chi connectivity index (χ4v) is 2.18. The molecule has 0 spiro atoms. The summed E-state index contributed by atoms with van der Waals surface area (Å²) in [5.41, 5.74) is 0. The summed E-state index contributed by atoms with van der Waals surface area (Å²) in [5.74, 6) is 6.72. The summed E-state index contributed by atoms with van der Waals surface area (Å²) in [7, 11) is 0. The Morgan fingerprint density at radius 2 is 1.89 bits per heavy atom. The Labute approximate surface area is 114 Å². The highest BCUT2D eigenvalue weighted by atomic mass is 16.5. The maximum Gasteiger partial charge on any atom is 0.221 e. The van der Waals surface area contributed by atoms with Crippen molar-refractivity contribution in [1.82, 2.24) is 9.97 Å². The van der Waals surface area contributed by atoms with E-state index in [-0.39, 0.29) is 6.10 Å². The van der Waals surface area contributed by atoms with Crippen LogP contribution in [0.2, 0.25) is 0 Å². The molecule has 2 rings (SSSR count). The Balaban J connectivity index is 1.91. The molecule has 0 bridgehead atoms. The van der Waals surface area contributed by atoms with Crippen molar-refractivity contribution in [1.29, 1.82) is 0 Å². The summed E-state index contributed by atoms with van der Waals surface area (Å²) in [5, 5.41) is 0. The van der Waals surface area contributed by atoms with E-state index < -0.39 is 0 Å². The fourth-order valence-electron chi connectivity index (χ4n) is 2.18. The topological polar surface area (TPSA) is 44.2 Å². The average molecular weight is 260 g/mol. The van der Waals surface area contributed by atoms with E-state index in [1.165, 1.54) is 32.0 Å². The molecule has 1 fully saturated rings. The highest BCUT2D eigenvalue weighted by Crippen LogP contribution is 2.22. The molecule has 0 amide bonds. The van der Waals surface area contributed by atoms with Crippen LogP contribution in [0.5, 0.6) is 11.8 Å². The molecule has 4 heteroatoms. The van der Waals surface area contributed by atoms with Gasteiger partial charge in [0, 0.05) is 0 Å². The molecule has 0 saturated heterocycles. The van der Waals surface area contributed by atoms with Crippen LogP contribution in [-0.2, 0) is 0 Å². The molecular weight excluding hydrogens is 240 g/mol. The van der Waals surface area contributed by atoms with Crippen LogP contribution in [0.1, 0.15) is 45.4 Å². The van der Waals surface area contributed by atoms with Crippen LogP contribution in [-0.4, -0.2) is 22.7 Å². The van der Waals surface area contributed by atoms with Gasteiger partial charge in [0.2, 0.25) is 11.8 Å². The maximum absolute atomic E-state index is 5.92. The van der Waals surface area contributed by atoms with Gasteiger partial charge in [-0.1, -0.05) is 18.8 Å². The molecule has 102 valence electrons. The minimum absolute atomic E-state index is 0.278. The molecule has 19 heavy (non-hydrogen) atoms. The van der Waals surface area contributed by atoms with Gasteiger partial charge < -0.3 is 9.47 Å². The van der Waals surface area contributed by atoms with Gasteiger partial charge in [-0.25, -0.2) is 9.97 Å². The standard InChI is InChI=1S/C15H20N2O2/c1-2-3-10-18-14-11-15(17-12-16-14)19-13-8-6-4-5-7-9-13/h11-13H,4-10H2,1H3. The largest absolute Gasteiger partial charge is 0.474 e. The molecule has 0 atom stereocenters. The lowest BCUT2D eigenvalue weighted by molar-refractivity contribution is 0.174. The van der Waals surface area contributed by atoms with E-state index in [0.29, 0.717) is 18.4 Å². The Kier molecular flexibility index (Phi) is 5.49. The quantitative estimate of drug-likeness (QED) is 0.616. The molecule has 4 nitrogen and oxygen atoms in total. The van der Waals surface area contributed by atoms with Crippen LogP contribution in [0.25, 0.3) is 0 Å². The minimum Gasteiger partial charge on any atom is -0.474 e. The van der Waals surface area contributed by atoms with Gasteiger partial charge in [-0.3, -0.25) is 0 Å².